The van der Waals surface area contributed by atoms with E-state index in [0.29, 0.717) is 18.7 Å². The van der Waals surface area contributed by atoms with Gasteiger partial charge in [0, 0.05) is 30.8 Å². The number of nitro benzene ring substituents is 1. The molecule has 0 saturated carbocycles. The van der Waals surface area contributed by atoms with E-state index in [4.69, 9.17) is 0 Å². The molecule has 0 bridgehead atoms. The second-order valence-corrected chi connectivity index (χ2v) is 4.26. The monoisotopic (exact) mass is 276 g/mol. The molecule has 1 aromatic carbocycles. The average molecular weight is 276 g/mol. The second-order valence-electron chi connectivity index (χ2n) is 4.26. The normalized spacial score (nSPS) is 11.4. The summed E-state index contributed by atoms with van der Waals surface area (Å²) in [5.74, 6) is 0. The maximum Gasteiger partial charge on any atom is 0.389 e. The number of aryl methyl sites for hydroxylation is 1. The molecule has 0 aliphatic carbocycles. The molecule has 4 nitrogen and oxygen atoms in total. The van der Waals surface area contributed by atoms with Crippen LogP contribution in [-0.4, -0.2) is 17.6 Å². The third-order valence-corrected chi connectivity index (χ3v) is 2.63. The molecule has 1 N–H and O–H groups in total. The molecule has 0 aromatic heterocycles. The summed E-state index contributed by atoms with van der Waals surface area (Å²) < 4.78 is 35.7. The standard InChI is InChI=1S/C12H15F3N2O2/c1-9-4-5-10(17(18)19)8-11(9)16-7-3-2-6-12(13,14)15/h4-5,8,16H,2-3,6-7H2,1H3. The lowest BCUT2D eigenvalue weighted by atomic mass is 10.1. The summed E-state index contributed by atoms with van der Waals surface area (Å²) in [5, 5.41) is 13.5. The van der Waals surface area contributed by atoms with Crippen LogP contribution in [0.1, 0.15) is 24.8 Å². The third kappa shape index (κ3) is 5.58. The summed E-state index contributed by atoms with van der Waals surface area (Å²) in [5.41, 5.74) is 1.37. The fourth-order valence-electron chi connectivity index (χ4n) is 1.59. The minimum Gasteiger partial charge on any atom is -0.385 e. The topological polar surface area (TPSA) is 55.2 Å². The van der Waals surface area contributed by atoms with Crippen LogP contribution in [0.15, 0.2) is 18.2 Å². The van der Waals surface area contributed by atoms with Crippen LogP contribution < -0.4 is 5.32 Å². The molecule has 7 heteroatoms. The van der Waals surface area contributed by atoms with Crippen molar-refractivity contribution in [1.82, 2.24) is 0 Å². The first-order valence-electron chi connectivity index (χ1n) is 5.85. The lowest BCUT2D eigenvalue weighted by molar-refractivity contribution is -0.384. The molecule has 0 atom stereocenters. The van der Waals surface area contributed by atoms with Crippen molar-refractivity contribution in [3.8, 4) is 0 Å². The zero-order chi connectivity index (χ0) is 14.5. The van der Waals surface area contributed by atoms with Gasteiger partial charge in [-0.05, 0) is 25.3 Å². The minimum atomic E-state index is -4.12. The van der Waals surface area contributed by atoms with Gasteiger partial charge in [-0.2, -0.15) is 13.2 Å². The van der Waals surface area contributed by atoms with E-state index in [9.17, 15) is 23.3 Å². The van der Waals surface area contributed by atoms with Crippen LogP contribution in [0.3, 0.4) is 0 Å². The van der Waals surface area contributed by atoms with Gasteiger partial charge in [0.05, 0.1) is 4.92 Å². The highest BCUT2D eigenvalue weighted by Gasteiger charge is 2.25. The van der Waals surface area contributed by atoms with Crippen LogP contribution in [0.2, 0.25) is 0 Å². The van der Waals surface area contributed by atoms with E-state index in [1.165, 1.54) is 12.1 Å². The Bertz CT molecular complexity index is 447. The van der Waals surface area contributed by atoms with Gasteiger partial charge in [0.25, 0.3) is 5.69 Å². The molecule has 0 spiro atoms. The van der Waals surface area contributed by atoms with Gasteiger partial charge < -0.3 is 5.32 Å². The van der Waals surface area contributed by atoms with E-state index in [-0.39, 0.29) is 12.1 Å². The van der Waals surface area contributed by atoms with E-state index >= 15 is 0 Å². The smallest absolute Gasteiger partial charge is 0.385 e. The fraction of sp³-hybridized carbons (Fsp3) is 0.500. The number of hydrogen-bond acceptors (Lipinski definition) is 3. The Kier molecular flexibility index (Phi) is 5.14. The van der Waals surface area contributed by atoms with E-state index in [1.807, 2.05) is 0 Å². The number of anilines is 1. The third-order valence-electron chi connectivity index (χ3n) is 2.63. The van der Waals surface area contributed by atoms with Crippen molar-refractivity contribution in [2.24, 2.45) is 0 Å². The van der Waals surface area contributed by atoms with Gasteiger partial charge in [0.1, 0.15) is 0 Å². The van der Waals surface area contributed by atoms with Crippen LogP contribution in [0, 0.1) is 17.0 Å². The molecule has 19 heavy (non-hydrogen) atoms. The van der Waals surface area contributed by atoms with Crippen molar-refractivity contribution < 1.29 is 18.1 Å². The van der Waals surface area contributed by atoms with Crippen LogP contribution in [0.5, 0.6) is 0 Å². The zero-order valence-electron chi connectivity index (χ0n) is 10.5. The van der Waals surface area contributed by atoms with E-state index in [0.717, 1.165) is 5.56 Å². The Morgan fingerprint density at radius 2 is 2.00 bits per heavy atom. The number of unbranched alkanes of at least 4 members (excludes halogenated alkanes) is 1. The van der Waals surface area contributed by atoms with Crippen LogP contribution >= 0.6 is 0 Å². The molecule has 1 rings (SSSR count). The number of hydrogen-bond donors (Lipinski definition) is 1. The van der Waals surface area contributed by atoms with Gasteiger partial charge in [-0.15, -0.1) is 0 Å². The molecule has 0 aliphatic heterocycles. The molecule has 0 unspecified atom stereocenters. The lowest BCUT2D eigenvalue weighted by Crippen LogP contribution is -2.09. The van der Waals surface area contributed by atoms with Gasteiger partial charge in [-0.25, -0.2) is 0 Å². The Morgan fingerprint density at radius 1 is 1.32 bits per heavy atom. The van der Waals surface area contributed by atoms with Crippen molar-refractivity contribution in [2.45, 2.75) is 32.4 Å². The van der Waals surface area contributed by atoms with Crippen LogP contribution in [-0.2, 0) is 0 Å². The summed E-state index contributed by atoms with van der Waals surface area (Å²) in [7, 11) is 0. The molecular weight excluding hydrogens is 261 g/mol. The molecule has 0 saturated heterocycles. The van der Waals surface area contributed by atoms with E-state index in [1.54, 1.807) is 13.0 Å². The zero-order valence-corrected chi connectivity index (χ0v) is 10.5. The fourth-order valence-corrected chi connectivity index (χ4v) is 1.59. The van der Waals surface area contributed by atoms with Crippen molar-refractivity contribution in [1.29, 1.82) is 0 Å². The number of non-ortho nitro benzene ring substituents is 1. The highest BCUT2D eigenvalue weighted by atomic mass is 19.4. The van der Waals surface area contributed by atoms with E-state index < -0.39 is 17.5 Å². The predicted molar refractivity (Wildman–Crippen MR) is 66.2 cm³/mol. The van der Waals surface area contributed by atoms with Gasteiger partial charge >= 0.3 is 6.18 Å². The van der Waals surface area contributed by atoms with Crippen molar-refractivity contribution in [3.05, 3.63) is 33.9 Å². The Hall–Kier alpha value is -1.79. The quantitative estimate of drug-likeness (QED) is 0.484. The minimum absolute atomic E-state index is 0.0385. The summed E-state index contributed by atoms with van der Waals surface area (Å²) >= 11 is 0. The van der Waals surface area contributed by atoms with Gasteiger partial charge in [-0.1, -0.05) is 6.07 Å². The number of nitrogens with one attached hydrogen (secondary N) is 1. The average Bonchev–Trinajstić information content (AvgIpc) is 2.29. The molecule has 0 radical (unpaired) electrons. The molecule has 1 aromatic rings. The van der Waals surface area contributed by atoms with Crippen molar-refractivity contribution in [3.63, 3.8) is 0 Å². The van der Waals surface area contributed by atoms with Gasteiger partial charge in [-0.3, -0.25) is 10.1 Å². The highest BCUT2D eigenvalue weighted by molar-refractivity contribution is 5.56. The SMILES string of the molecule is Cc1ccc([N+](=O)[O-])cc1NCCCCC(F)(F)F. The number of nitro groups is 1. The first-order chi connectivity index (χ1) is 8.79. The molecule has 0 amide bonds. The number of alkyl halides is 3. The summed E-state index contributed by atoms with van der Waals surface area (Å²) in [6, 6.07) is 4.39. The predicted octanol–water partition coefficient (Wildman–Crippen LogP) is 4.05. The molecule has 106 valence electrons. The molecular formula is C12H15F3N2O2. The second kappa shape index (κ2) is 6.40. The summed E-state index contributed by atoms with van der Waals surface area (Å²) in [4.78, 5) is 10.1. The summed E-state index contributed by atoms with van der Waals surface area (Å²) in [6.07, 6.45) is -4.52. The lowest BCUT2D eigenvalue weighted by Gasteiger charge is -2.10. The molecule has 0 heterocycles. The Morgan fingerprint density at radius 3 is 2.58 bits per heavy atom. The van der Waals surface area contributed by atoms with Gasteiger partial charge in [0.2, 0.25) is 0 Å². The molecule has 0 fully saturated rings. The first-order valence-corrected chi connectivity index (χ1v) is 5.85. The van der Waals surface area contributed by atoms with E-state index in [2.05, 4.69) is 5.32 Å². The van der Waals surface area contributed by atoms with Gasteiger partial charge in [0.15, 0.2) is 0 Å². The number of rotatable bonds is 6. The van der Waals surface area contributed by atoms with Crippen LogP contribution in [0.4, 0.5) is 24.5 Å². The maximum absolute atomic E-state index is 11.9. The molecule has 0 aliphatic rings. The maximum atomic E-state index is 11.9. The van der Waals surface area contributed by atoms with Crippen molar-refractivity contribution >= 4 is 11.4 Å². The summed E-state index contributed by atoms with van der Waals surface area (Å²) in [6.45, 7) is 2.14. The Labute approximate surface area is 108 Å². The number of halogens is 3. The number of nitrogens with zero attached hydrogens (tertiary/aromatic N) is 1. The first kappa shape index (κ1) is 15.3. The highest BCUT2D eigenvalue weighted by Crippen LogP contribution is 2.23. The number of benzene rings is 1. The largest absolute Gasteiger partial charge is 0.389 e. The van der Waals surface area contributed by atoms with Crippen LogP contribution in [0.25, 0.3) is 0 Å². The van der Waals surface area contributed by atoms with Crippen molar-refractivity contribution in [2.75, 3.05) is 11.9 Å². The Balaban J connectivity index is 2.45.